The van der Waals surface area contributed by atoms with Crippen molar-refractivity contribution in [2.75, 3.05) is 6.54 Å². The standard InChI is InChI=1S/C12H19N3O/c1-10-5-4-8-14-11(10)9-15-12(16)6-2-3-7-13/h4-5,8H,2-3,6-7,9,13H2,1H3,(H,15,16). The molecule has 0 saturated carbocycles. The van der Waals surface area contributed by atoms with Crippen LogP contribution in [0, 0.1) is 6.92 Å². The van der Waals surface area contributed by atoms with Gasteiger partial charge in [-0.3, -0.25) is 9.78 Å². The van der Waals surface area contributed by atoms with Gasteiger partial charge < -0.3 is 11.1 Å². The third kappa shape index (κ3) is 4.40. The molecule has 4 nitrogen and oxygen atoms in total. The number of aryl methyl sites for hydroxylation is 1. The van der Waals surface area contributed by atoms with Crippen molar-refractivity contribution in [2.45, 2.75) is 32.7 Å². The maximum Gasteiger partial charge on any atom is 0.220 e. The Morgan fingerprint density at radius 2 is 2.31 bits per heavy atom. The van der Waals surface area contributed by atoms with Gasteiger partial charge in [-0.2, -0.15) is 0 Å². The first-order valence-corrected chi connectivity index (χ1v) is 5.61. The van der Waals surface area contributed by atoms with Crippen LogP contribution in [0.15, 0.2) is 18.3 Å². The van der Waals surface area contributed by atoms with Crippen LogP contribution >= 0.6 is 0 Å². The van der Waals surface area contributed by atoms with Crippen molar-refractivity contribution in [1.82, 2.24) is 10.3 Å². The number of nitrogens with zero attached hydrogens (tertiary/aromatic N) is 1. The third-order valence-corrected chi connectivity index (χ3v) is 2.43. The van der Waals surface area contributed by atoms with Gasteiger partial charge in [-0.15, -0.1) is 0 Å². The number of pyridine rings is 1. The van der Waals surface area contributed by atoms with Gasteiger partial charge in [0.15, 0.2) is 0 Å². The molecule has 1 aromatic heterocycles. The minimum Gasteiger partial charge on any atom is -0.350 e. The second-order valence-corrected chi connectivity index (χ2v) is 3.79. The quantitative estimate of drug-likeness (QED) is 0.708. The summed E-state index contributed by atoms with van der Waals surface area (Å²) in [6.45, 7) is 3.14. The number of rotatable bonds is 6. The van der Waals surface area contributed by atoms with E-state index in [2.05, 4.69) is 10.3 Å². The van der Waals surface area contributed by atoms with Crippen molar-refractivity contribution in [1.29, 1.82) is 0 Å². The molecule has 1 rings (SSSR count). The molecule has 3 N–H and O–H groups in total. The summed E-state index contributed by atoms with van der Waals surface area (Å²) in [5.74, 6) is 0.0681. The molecule has 0 fully saturated rings. The Bertz CT molecular complexity index is 339. The highest BCUT2D eigenvalue weighted by atomic mass is 16.1. The van der Waals surface area contributed by atoms with Crippen LogP contribution < -0.4 is 11.1 Å². The molecule has 0 saturated heterocycles. The Morgan fingerprint density at radius 1 is 1.50 bits per heavy atom. The highest BCUT2D eigenvalue weighted by Gasteiger charge is 2.02. The van der Waals surface area contributed by atoms with Crippen molar-refractivity contribution in [3.8, 4) is 0 Å². The molecule has 0 radical (unpaired) electrons. The van der Waals surface area contributed by atoms with Crippen LogP contribution in [-0.2, 0) is 11.3 Å². The van der Waals surface area contributed by atoms with Crippen LogP contribution in [0.4, 0.5) is 0 Å². The molecule has 0 bridgehead atoms. The van der Waals surface area contributed by atoms with E-state index in [1.807, 2.05) is 19.1 Å². The van der Waals surface area contributed by atoms with Crippen LogP contribution in [0.25, 0.3) is 0 Å². The lowest BCUT2D eigenvalue weighted by molar-refractivity contribution is -0.121. The molecular formula is C12H19N3O. The number of carbonyl (C=O) groups is 1. The molecule has 1 amide bonds. The predicted molar refractivity (Wildman–Crippen MR) is 63.7 cm³/mol. The van der Waals surface area contributed by atoms with Crippen LogP contribution in [0.1, 0.15) is 30.5 Å². The van der Waals surface area contributed by atoms with Gasteiger partial charge >= 0.3 is 0 Å². The Morgan fingerprint density at radius 3 is 3.00 bits per heavy atom. The van der Waals surface area contributed by atoms with E-state index in [1.54, 1.807) is 6.20 Å². The number of aromatic nitrogens is 1. The van der Waals surface area contributed by atoms with Crippen molar-refractivity contribution in [3.63, 3.8) is 0 Å². The van der Waals surface area contributed by atoms with E-state index in [-0.39, 0.29) is 5.91 Å². The molecule has 16 heavy (non-hydrogen) atoms. The first-order valence-electron chi connectivity index (χ1n) is 5.61. The first kappa shape index (κ1) is 12.6. The summed E-state index contributed by atoms with van der Waals surface area (Å²) in [5.41, 5.74) is 7.39. The minimum absolute atomic E-state index is 0.0681. The van der Waals surface area contributed by atoms with Gasteiger partial charge in [-0.25, -0.2) is 0 Å². The van der Waals surface area contributed by atoms with E-state index in [9.17, 15) is 4.79 Å². The minimum atomic E-state index is 0.0681. The zero-order chi connectivity index (χ0) is 11.8. The number of hydrogen-bond donors (Lipinski definition) is 2. The Balaban J connectivity index is 2.29. The number of hydrogen-bond acceptors (Lipinski definition) is 3. The smallest absolute Gasteiger partial charge is 0.220 e. The fourth-order valence-corrected chi connectivity index (χ4v) is 1.40. The largest absolute Gasteiger partial charge is 0.350 e. The van der Waals surface area contributed by atoms with Gasteiger partial charge in [0, 0.05) is 12.6 Å². The van der Waals surface area contributed by atoms with Gasteiger partial charge in [0.25, 0.3) is 0 Å². The number of nitrogens with one attached hydrogen (secondary N) is 1. The van der Waals surface area contributed by atoms with E-state index in [0.29, 0.717) is 19.5 Å². The first-order chi connectivity index (χ1) is 7.74. The number of unbranched alkanes of at least 4 members (excludes halogenated alkanes) is 1. The van der Waals surface area contributed by atoms with E-state index in [4.69, 9.17) is 5.73 Å². The normalized spacial score (nSPS) is 10.1. The Kier molecular flexibility index (Phi) is 5.50. The lowest BCUT2D eigenvalue weighted by Gasteiger charge is -2.06. The average Bonchev–Trinajstić information content (AvgIpc) is 2.28. The van der Waals surface area contributed by atoms with E-state index >= 15 is 0 Å². The Labute approximate surface area is 96.3 Å². The summed E-state index contributed by atoms with van der Waals surface area (Å²) in [6.07, 6.45) is 4.03. The van der Waals surface area contributed by atoms with Crippen molar-refractivity contribution < 1.29 is 4.79 Å². The third-order valence-electron chi connectivity index (χ3n) is 2.43. The van der Waals surface area contributed by atoms with Crippen LogP contribution in [0.3, 0.4) is 0 Å². The fraction of sp³-hybridized carbons (Fsp3) is 0.500. The van der Waals surface area contributed by atoms with Crippen LogP contribution in [0.2, 0.25) is 0 Å². The maximum absolute atomic E-state index is 11.4. The fourth-order valence-electron chi connectivity index (χ4n) is 1.40. The zero-order valence-corrected chi connectivity index (χ0v) is 9.70. The molecule has 0 spiro atoms. The van der Waals surface area contributed by atoms with Gasteiger partial charge in [-0.1, -0.05) is 6.07 Å². The van der Waals surface area contributed by atoms with E-state index in [1.165, 1.54) is 0 Å². The SMILES string of the molecule is Cc1cccnc1CNC(=O)CCCCN. The monoisotopic (exact) mass is 221 g/mol. The topological polar surface area (TPSA) is 68.0 Å². The maximum atomic E-state index is 11.4. The summed E-state index contributed by atoms with van der Waals surface area (Å²) in [5, 5.41) is 2.86. The molecule has 4 heteroatoms. The molecule has 0 unspecified atom stereocenters. The van der Waals surface area contributed by atoms with Crippen LogP contribution in [0.5, 0.6) is 0 Å². The lowest BCUT2D eigenvalue weighted by atomic mass is 10.2. The lowest BCUT2D eigenvalue weighted by Crippen LogP contribution is -2.23. The predicted octanol–water partition coefficient (Wildman–Crippen LogP) is 1.14. The van der Waals surface area contributed by atoms with Gasteiger partial charge in [0.1, 0.15) is 0 Å². The van der Waals surface area contributed by atoms with Crippen molar-refractivity contribution in [2.24, 2.45) is 5.73 Å². The number of nitrogens with two attached hydrogens (primary N) is 1. The molecule has 1 heterocycles. The molecule has 0 aliphatic rings. The summed E-state index contributed by atoms with van der Waals surface area (Å²) < 4.78 is 0. The molecule has 1 aromatic rings. The van der Waals surface area contributed by atoms with Gasteiger partial charge in [-0.05, 0) is 37.9 Å². The average molecular weight is 221 g/mol. The molecular weight excluding hydrogens is 202 g/mol. The number of carbonyl (C=O) groups excluding carboxylic acids is 1. The molecule has 88 valence electrons. The van der Waals surface area contributed by atoms with E-state index < -0.39 is 0 Å². The van der Waals surface area contributed by atoms with Crippen LogP contribution in [-0.4, -0.2) is 17.4 Å². The Hall–Kier alpha value is -1.42. The summed E-state index contributed by atoms with van der Waals surface area (Å²) in [7, 11) is 0. The van der Waals surface area contributed by atoms with Crippen molar-refractivity contribution in [3.05, 3.63) is 29.6 Å². The zero-order valence-electron chi connectivity index (χ0n) is 9.70. The van der Waals surface area contributed by atoms with Crippen molar-refractivity contribution >= 4 is 5.91 Å². The van der Waals surface area contributed by atoms with Gasteiger partial charge in [0.05, 0.1) is 12.2 Å². The summed E-state index contributed by atoms with van der Waals surface area (Å²) in [6, 6.07) is 3.88. The second-order valence-electron chi connectivity index (χ2n) is 3.79. The second kappa shape index (κ2) is 6.95. The molecule has 0 aliphatic carbocycles. The number of amides is 1. The van der Waals surface area contributed by atoms with E-state index in [0.717, 1.165) is 24.1 Å². The molecule has 0 aromatic carbocycles. The summed E-state index contributed by atoms with van der Waals surface area (Å²) in [4.78, 5) is 15.6. The summed E-state index contributed by atoms with van der Waals surface area (Å²) >= 11 is 0. The molecule has 0 atom stereocenters. The highest BCUT2D eigenvalue weighted by Crippen LogP contribution is 2.02. The van der Waals surface area contributed by atoms with Gasteiger partial charge in [0.2, 0.25) is 5.91 Å². The molecule has 0 aliphatic heterocycles. The highest BCUT2D eigenvalue weighted by molar-refractivity contribution is 5.75.